The van der Waals surface area contributed by atoms with E-state index >= 15 is 0 Å². The van der Waals surface area contributed by atoms with E-state index in [-0.39, 0.29) is 18.2 Å². The van der Waals surface area contributed by atoms with Gasteiger partial charge in [-0.3, -0.25) is 0 Å². The molecule has 1 fully saturated rings. The Morgan fingerprint density at radius 2 is 2.11 bits per heavy atom. The van der Waals surface area contributed by atoms with Crippen LogP contribution in [0.1, 0.15) is 25.7 Å². The summed E-state index contributed by atoms with van der Waals surface area (Å²) >= 11 is 0. The van der Waals surface area contributed by atoms with Crippen LogP contribution in [-0.4, -0.2) is 63.9 Å². The van der Waals surface area contributed by atoms with Gasteiger partial charge in [0.05, 0.1) is 25.9 Å². The molecule has 0 aromatic rings. The molecule has 1 aliphatic rings. The molecule has 0 saturated heterocycles. The zero-order chi connectivity index (χ0) is 13.3. The maximum absolute atomic E-state index is 9.37. The molecule has 0 spiro atoms. The lowest BCUT2D eigenvalue weighted by molar-refractivity contribution is -0.000194. The van der Waals surface area contributed by atoms with Gasteiger partial charge in [0.2, 0.25) is 0 Å². The first kappa shape index (κ1) is 15.9. The summed E-state index contributed by atoms with van der Waals surface area (Å²) in [6.45, 7) is 2.90. The quantitative estimate of drug-likeness (QED) is 0.563. The van der Waals surface area contributed by atoms with Crippen molar-refractivity contribution < 1.29 is 19.3 Å². The van der Waals surface area contributed by atoms with E-state index in [9.17, 15) is 5.11 Å². The number of methoxy groups -OCH3 is 1. The second-order valence-corrected chi connectivity index (χ2v) is 4.88. The van der Waals surface area contributed by atoms with E-state index in [2.05, 4.69) is 5.32 Å². The number of hydrogen-bond acceptors (Lipinski definition) is 5. The van der Waals surface area contributed by atoms with Gasteiger partial charge in [-0.15, -0.1) is 0 Å². The van der Waals surface area contributed by atoms with Crippen LogP contribution in [0.3, 0.4) is 0 Å². The fourth-order valence-electron chi connectivity index (χ4n) is 2.35. The Kier molecular flexibility index (Phi) is 7.77. The molecule has 0 heterocycles. The van der Waals surface area contributed by atoms with E-state index in [0.717, 1.165) is 38.9 Å². The van der Waals surface area contributed by atoms with Gasteiger partial charge < -0.3 is 24.6 Å². The number of aliphatic hydroxyl groups is 1. The van der Waals surface area contributed by atoms with Gasteiger partial charge in [-0.1, -0.05) is 0 Å². The second-order valence-electron chi connectivity index (χ2n) is 4.88. The monoisotopic (exact) mass is 261 g/mol. The van der Waals surface area contributed by atoms with Crippen LogP contribution < -0.4 is 5.32 Å². The third-order valence-electron chi connectivity index (χ3n) is 3.61. The predicted octanol–water partition coefficient (Wildman–Crippen LogP) is 0.559. The van der Waals surface area contributed by atoms with E-state index in [1.807, 2.05) is 7.05 Å². The van der Waals surface area contributed by atoms with Gasteiger partial charge >= 0.3 is 0 Å². The molecule has 18 heavy (non-hydrogen) atoms. The van der Waals surface area contributed by atoms with E-state index in [0.29, 0.717) is 13.2 Å². The fraction of sp³-hybridized carbons (Fsp3) is 1.00. The smallest absolute Gasteiger partial charge is 0.0704 e. The molecule has 0 amide bonds. The number of likely N-dealkylation sites (N-methyl/N-ethyl adjacent to an activating group) is 1. The van der Waals surface area contributed by atoms with Crippen molar-refractivity contribution in [2.24, 2.45) is 0 Å². The standard InChI is InChI=1S/C13H27NO4/c1-14-13(11-15)5-4-12(10-13)18-9-8-17-7-3-6-16-2/h12,14-15H,3-11H2,1-2H3. The van der Waals surface area contributed by atoms with E-state index in [4.69, 9.17) is 14.2 Å². The highest BCUT2D eigenvalue weighted by atomic mass is 16.5. The summed E-state index contributed by atoms with van der Waals surface area (Å²) in [5.74, 6) is 0. The van der Waals surface area contributed by atoms with Gasteiger partial charge in [0.1, 0.15) is 0 Å². The Bertz CT molecular complexity index is 209. The molecule has 0 bridgehead atoms. The average Bonchev–Trinajstić information content (AvgIpc) is 2.82. The first-order valence-electron chi connectivity index (χ1n) is 6.74. The van der Waals surface area contributed by atoms with Crippen molar-refractivity contribution in [3.8, 4) is 0 Å². The normalized spacial score (nSPS) is 27.8. The molecule has 5 nitrogen and oxygen atoms in total. The number of aliphatic hydroxyl groups excluding tert-OH is 1. The number of nitrogens with one attached hydrogen (secondary N) is 1. The van der Waals surface area contributed by atoms with E-state index in [1.165, 1.54) is 0 Å². The first-order valence-corrected chi connectivity index (χ1v) is 6.74. The summed E-state index contributed by atoms with van der Waals surface area (Å²) in [5, 5.41) is 12.6. The average molecular weight is 261 g/mol. The first-order chi connectivity index (χ1) is 8.76. The third-order valence-corrected chi connectivity index (χ3v) is 3.61. The minimum atomic E-state index is -0.135. The summed E-state index contributed by atoms with van der Waals surface area (Å²) in [5.41, 5.74) is -0.135. The van der Waals surface area contributed by atoms with Crippen LogP contribution in [0, 0.1) is 0 Å². The van der Waals surface area contributed by atoms with Crippen molar-refractivity contribution in [2.75, 3.05) is 47.2 Å². The van der Waals surface area contributed by atoms with Crippen molar-refractivity contribution in [1.29, 1.82) is 0 Å². The number of rotatable bonds is 10. The molecular formula is C13H27NO4. The predicted molar refractivity (Wildman–Crippen MR) is 69.8 cm³/mol. The van der Waals surface area contributed by atoms with Crippen LogP contribution in [-0.2, 0) is 14.2 Å². The van der Waals surface area contributed by atoms with Crippen molar-refractivity contribution in [1.82, 2.24) is 5.32 Å². The largest absolute Gasteiger partial charge is 0.394 e. The summed E-state index contributed by atoms with van der Waals surface area (Å²) in [4.78, 5) is 0. The van der Waals surface area contributed by atoms with Gasteiger partial charge in [0, 0.05) is 25.9 Å². The molecule has 1 aliphatic carbocycles. The Labute approximate surface area is 110 Å². The molecule has 1 saturated carbocycles. The van der Waals surface area contributed by atoms with Crippen molar-refractivity contribution in [3.63, 3.8) is 0 Å². The zero-order valence-corrected chi connectivity index (χ0v) is 11.6. The molecule has 2 unspecified atom stereocenters. The highest BCUT2D eigenvalue weighted by Gasteiger charge is 2.37. The Morgan fingerprint density at radius 1 is 1.28 bits per heavy atom. The zero-order valence-electron chi connectivity index (χ0n) is 11.6. The summed E-state index contributed by atoms with van der Waals surface area (Å²) < 4.78 is 16.1. The molecule has 5 heteroatoms. The molecular weight excluding hydrogens is 234 g/mol. The van der Waals surface area contributed by atoms with Gasteiger partial charge in [0.15, 0.2) is 0 Å². The lowest BCUT2D eigenvalue weighted by Gasteiger charge is -2.26. The van der Waals surface area contributed by atoms with E-state index in [1.54, 1.807) is 7.11 Å². The Balaban J connectivity index is 2.01. The van der Waals surface area contributed by atoms with Crippen LogP contribution in [0.25, 0.3) is 0 Å². The SMILES string of the molecule is CNC1(CO)CCC(OCCOCCCOC)C1. The minimum Gasteiger partial charge on any atom is -0.394 e. The van der Waals surface area contributed by atoms with Gasteiger partial charge in [-0.2, -0.15) is 0 Å². The van der Waals surface area contributed by atoms with Crippen LogP contribution >= 0.6 is 0 Å². The lowest BCUT2D eigenvalue weighted by atomic mass is 9.99. The topological polar surface area (TPSA) is 60.0 Å². The highest BCUT2D eigenvalue weighted by molar-refractivity contribution is 4.95. The molecule has 2 atom stereocenters. The number of hydrogen-bond donors (Lipinski definition) is 2. The summed E-state index contributed by atoms with van der Waals surface area (Å²) in [7, 11) is 3.59. The summed E-state index contributed by atoms with van der Waals surface area (Å²) in [6.07, 6.45) is 4.02. The Hall–Kier alpha value is -0.200. The Morgan fingerprint density at radius 3 is 2.72 bits per heavy atom. The molecule has 0 radical (unpaired) electrons. The van der Waals surface area contributed by atoms with Gasteiger partial charge in [-0.05, 0) is 32.7 Å². The molecule has 0 aliphatic heterocycles. The molecule has 0 aromatic heterocycles. The lowest BCUT2D eigenvalue weighted by Crippen LogP contribution is -2.44. The second kappa shape index (κ2) is 8.82. The van der Waals surface area contributed by atoms with Crippen LogP contribution in [0.5, 0.6) is 0 Å². The maximum atomic E-state index is 9.37. The van der Waals surface area contributed by atoms with E-state index < -0.39 is 0 Å². The summed E-state index contributed by atoms with van der Waals surface area (Å²) in [6, 6.07) is 0. The van der Waals surface area contributed by atoms with Gasteiger partial charge in [0.25, 0.3) is 0 Å². The minimum absolute atomic E-state index is 0.135. The molecule has 0 aromatic carbocycles. The molecule has 2 N–H and O–H groups in total. The third kappa shape index (κ3) is 5.20. The van der Waals surface area contributed by atoms with Crippen LogP contribution in [0.15, 0.2) is 0 Å². The molecule has 108 valence electrons. The van der Waals surface area contributed by atoms with Crippen LogP contribution in [0.2, 0.25) is 0 Å². The van der Waals surface area contributed by atoms with Gasteiger partial charge in [-0.25, -0.2) is 0 Å². The van der Waals surface area contributed by atoms with Crippen LogP contribution in [0.4, 0.5) is 0 Å². The fourth-order valence-corrected chi connectivity index (χ4v) is 2.35. The van der Waals surface area contributed by atoms with Crippen molar-refractivity contribution >= 4 is 0 Å². The molecule has 1 rings (SSSR count). The van der Waals surface area contributed by atoms with Crippen molar-refractivity contribution in [3.05, 3.63) is 0 Å². The highest BCUT2D eigenvalue weighted by Crippen LogP contribution is 2.31. The number of ether oxygens (including phenoxy) is 3. The maximum Gasteiger partial charge on any atom is 0.0704 e. The van der Waals surface area contributed by atoms with Crippen molar-refractivity contribution in [2.45, 2.75) is 37.3 Å².